The van der Waals surface area contributed by atoms with E-state index >= 15 is 0 Å². The molecule has 0 aromatic carbocycles. The lowest BCUT2D eigenvalue weighted by Crippen LogP contribution is -2.39. The third-order valence-electron chi connectivity index (χ3n) is 7.08. The molecule has 3 N–H and O–H groups in total. The number of amides is 3. The zero-order chi connectivity index (χ0) is 26.7. The van der Waals surface area contributed by atoms with Gasteiger partial charge in [-0.25, -0.2) is 4.79 Å². The Hall–Kier alpha value is -3.60. The Balaban J connectivity index is 1.58. The van der Waals surface area contributed by atoms with Crippen molar-refractivity contribution in [3.8, 4) is 0 Å². The van der Waals surface area contributed by atoms with Crippen molar-refractivity contribution in [3.05, 3.63) is 64.9 Å². The highest BCUT2D eigenvalue weighted by atomic mass is 16.5. The highest BCUT2D eigenvalue weighted by Gasteiger charge is 2.56. The minimum atomic E-state index is -1.05. The molecule has 0 radical (unpaired) electrons. The fourth-order valence-corrected chi connectivity index (χ4v) is 5.39. The Labute approximate surface area is 213 Å². The van der Waals surface area contributed by atoms with E-state index in [0.29, 0.717) is 39.7 Å². The number of fused-ring (bicyclic) bond motifs is 1. The fourth-order valence-electron chi connectivity index (χ4n) is 5.39. The smallest absolute Gasteiger partial charge is 0.423 e. The number of ether oxygens (including phenoxy) is 1. The van der Waals surface area contributed by atoms with Gasteiger partial charge in [0, 0.05) is 12.1 Å². The first-order valence-corrected chi connectivity index (χ1v) is 12.1. The lowest BCUT2D eigenvalue weighted by atomic mass is 9.68. The Bertz CT molecular complexity index is 1230. The molecular weight excluding hydrogens is 480 g/mol. The molecule has 1 fully saturated rings. The van der Waals surface area contributed by atoms with Crippen molar-refractivity contribution < 1.29 is 38.9 Å². The molecule has 196 valence electrons. The monoisotopic (exact) mass is 510 g/mol. The van der Waals surface area contributed by atoms with Gasteiger partial charge in [0.2, 0.25) is 11.8 Å². The van der Waals surface area contributed by atoms with E-state index in [-0.39, 0.29) is 19.4 Å². The number of aliphatic hydroxyl groups excluding tert-OH is 3. The summed E-state index contributed by atoms with van der Waals surface area (Å²) >= 11 is 0. The molecule has 10 heteroatoms. The van der Waals surface area contributed by atoms with E-state index in [1.54, 1.807) is 37.4 Å². The number of aliphatic hydroxyl groups is 3. The molecule has 37 heavy (non-hydrogen) atoms. The van der Waals surface area contributed by atoms with Crippen molar-refractivity contribution in [2.24, 2.45) is 17.8 Å². The van der Waals surface area contributed by atoms with Crippen molar-refractivity contribution in [2.75, 3.05) is 13.7 Å². The summed E-state index contributed by atoms with van der Waals surface area (Å²) in [4.78, 5) is 42.8. The Morgan fingerprint density at radius 3 is 2.65 bits per heavy atom. The number of hydrogen-bond acceptors (Lipinski definition) is 9. The molecule has 1 saturated heterocycles. The predicted octanol–water partition coefficient (Wildman–Crippen LogP) is 2.54. The lowest BCUT2D eigenvalue weighted by Gasteiger charge is -2.35. The van der Waals surface area contributed by atoms with Crippen LogP contribution < -0.4 is 0 Å². The molecule has 3 heterocycles. The summed E-state index contributed by atoms with van der Waals surface area (Å²) in [7, 11) is 1.09. The molecule has 2 aromatic rings. The number of likely N-dealkylation sites (tertiary alicyclic amines) is 1. The van der Waals surface area contributed by atoms with E-state index in [2.05, 4.69) is 9.72 Å². The molecule has 3 amide bonds. The number of allylic oxidation sites excluding steroid dienone is 2. The number of furan rings is 1. The number of methoxy groups -OCH3 is 1. The topological polar surface area (TPSA) is 150 Å². The first kappa shape index (κ1) is 26.5. The maximum absolute atomic E-state index is 13.0. The van der Waals surface area contributed by atoms with E-state index in [1.807, 2.05) is 12.1 Å². The Kier molecular flexibility index (Phi) is 8.01. The van der Waals surface area contributed by atoms with Gasteiger partial charge < -0.3 is 24.5 Å². The normalized spacial score (nSPS) is 22.9. The quantitative estimate of drug-likeness (QED) is 0.359. The number of aromatic nitrogens is 1. The van der Waals surface area contributed by atoms with Crippen molar-refractivity contribution in [1.82, 2.24) is 9.88 Å². The van der Waals surface area contributed by atoms with Gasteiger partial charge in [-0.15, -0.1) is 0 Å². The molecule has 10 nitrogen and oxygen atoms in total. The summed E-state index contributed by atoms with van der Waals surface area (Å²) in [6.07, 6.45) is 2.23. The minimum Gasteiger partial charge on any atom is -0.459 e. The molecule has 4 rings (SSSR count). The third kappa shape index (κ3) is 5.13. The van der Waals surface area contributed by atoms with Crippen molar-refractivity contribution >= 4 is 29.6 Å². The summed E-state index contributed by atoms with van der Waals surface area (Å²) in [5.74, 6) is -2.95. The van der Waals surface area contributed by atoms with Crippen LogP contribution in [-0.2, 0) is 20.9 Å². The van der Waals surface area contributed by atoms with Crippen LogP contribution in [0.15, 0.2) is 52.1 Å². The SMILES string of the molecule is COC(=O)N1C(=O)[C@@H]2[C@@H](CC(C)=C([C@H](O)CC/C(=C/c3ccc(CO)o3)c3ccccn3)[C@@H]2CO)C1=O. The Morgan fingerprint density at radius 1 is 1.24 bits per heavy atom. The van der Waals surface area contributed by atoms with Gasteiger partial charge in [0.1, 0.15) is 18.1 Å². The third-order valence-corrected chi connectivity index (χ3v) is 7.08. The minimum absolute atomic E-state index is 0.199. The standard InChI is InChI=1S/C27H30N2O8/c1-15-11-19-24(26(34)29(25(19)33)27(35)36-2)20(14-31)23(15)22(32)9-6-16(21-5-3-4-10-28-21)12-17-7-8-18(13-30)37-17/h3-5,7-8,10,12,19-20,22,24,30-32H,6,9,11,13-14H2,1-2H3/b16-12-/t19-,20+,22-,24-/m1/s1. The van der Waals surface area contributed by atoms with Crippen LogP contribution in [0.3, 0.4) is 0 Å². The second kappa shape index (κ2) is 11.2. The summed E-state index contributed by atoms with van der Waals surface area (Å²) in [6.45, 7) is 1.08. The average Bonchev–Trinajstić information content (AvgIpc) is 3.47. The van der Waals surface area contributed by atoms with Crippen LogP contribution in [0.5, 0.6) is 0 Å². The van der Waals surface area contributed by atoms with Crippen LogP contribution >= 0.6 is 0 Å². The fraction of sp³-hybridized carbons (Fsp3) is 0.407. The number of rotatable bonds is 8. The van der Waals surface area contributed by atoms with Crippen molar-refractivity contribution in [1.29, 1.82) is 0 Å². The number of nitrogens with zero attached hydrogens (tertiary/aromatic N) is 2. The van der Waals surface area contributed by atoms with Gasteiger partial charge in [-0.2, -0.15) is 4.90 Å². The summed E-state index contributed by atoms with van der Waals surface area (Å²) in [6, 6.07) is 8.88. The number of hydrogen-bond donors (Lipinski definition) is 3. The summed E-state index contributed by atoms with van der Waals surface area (Å²) in [5, 5.41) is 30.8. The largest absolute Gasteiger partial charge is 0.459 e. The van der Waals surface area contributed by atoms with E-state index < -0.39 is 48.4 Å². The Morgan fingerprint density at radius 2 is 2.03 bits per heavy atom. The van der Waals surface area contributed by atoms with Gasteiger partial charge in [-0.1, -0.05) is 11.6 Å². The molecule has 4 atom stereocenters. The van der Waals surface area contributed by atoms with E-state index in [4.69, 9.17) is 4.42 Å². The molecule has 1 aliphatic heterocycles. The highest BCUT2D eigenvalue weighted by Crippen LogP contribution is 2.46. The van der Waals surface area contributed by atoms with Gasteiger partial charge in [0.05, 0.1) is 37.4 Å². The molecular formula is C27H30N2O8. The van der Waals surface area contributed by atoms with Crippen LogP contribution in [0.4, 0.5) is 4.79 Å². The number of pyridine rings is 1. The van der Waals surface area contributed by atoms with E-state index in [0.717, 1.165) is 12.7 Å². The van der Waals surface area contributed by atoms with Crippen LogP contribution in [0.2, 0.25) is 0 Å². The molecule has 2 aliphatic rings. The van der Waals surface area contributed by atoms with Crippen molar-refractivity contribution in [2.45, 2.75) is 38.9 Å². The average molecular weight is 511 g/mol. The van der Waals surface area contributed by atoms with Gasteiger partial charge in [-0.05, 0) is 67.7 Å². The van der Waals surface area contributed by atoms with Gasteiger partial charge in [0.15, 0.2) is 0 Å². The van der Waals surface area contributed by atoms with Crippen LogP contribution in [0.25, 0.3) is 11.6 Å². The van der Waals surface area contributed by atoms with E-state index in [1.165, 1.54) is 0 Å². The summed E-state index contributed by atoms with van der Waals surface area (Å²) < 4.78 is 10.2. The van der Waals surface area contributed by atoms with Crippen LogP contribution in [0.1, 0.15) is 43.4 Å². The van der Waals surface area contributed by atoms with Crippen LogP contribution in [0, 0.1) is 17.8 Å². The maximum Gasteiger partial charge on any atom is 0.423 e. The zero-order valence-electron chi connectivity index (χ0n) is 20.7. The molecule has 2 aromatic heterocycles. The molecule has 0 unspecified atom stereocenters. The molecule has 0 saturated carbocycles. The predicted molar refractivity (Wildman–Crippen MR) is 131 cm³/mol. The molecule has 1 aliphatic carbocycles. The highest BCUT2D eigenvalue weighted by molar-refractivity contribution is 6.15. The number of carbonyl (C=O) groups excluding carboxylic acids is 3. The zero-order valence-corrected chi connectivity index (χ0v) is 20.7. The van der Waals surface area contributed by atoms with E-state index in [9.17, 15) is 29.7 Å². The van der Waals surface area contributed by atoms with Crippen LogP contribution in [-0.4, -0.2) is 62.9 Å². The second-order valence-electron chi connectivity index (χ2n) is 9.24. The maximum atomic E-state index is 13.0. The first-order valence-electron chi connectivity index (χ1n) is 12.1. The number of imide groups is 3. The van der Waals surface area contributed by atoms with Crippen molar-refractivity contribution in [3.63, 3.8) is 0 Å². The van der Waals surface area contributed by atoms with Gasteiger partial charge >= 0.3 is 6.09 Å². The first-order chi connectivity index (χ1) is 17.8. The second-order valence-corrected chi connectivity index (χ2v) is 9.24. The number of carbonyl (C=O) groups is 3. The van der Waals surface area contributed by atoms with Gasteiger partial charge in [0.25, 0.3) is 0 Å². The molecule has 0 bridgehead atoms. The molecule has 0 spiro atoms. The summed E-state index contributed by atoms with van der Waals surface area (Å²) in [5.41, 5.74) is 2.70. The van der Waals surface area contributed by atoms with Gasteiger partial charge in [-0.3, -0.25) is 14.6 Å². The lowest BCUT2D eigenvalue weighted by molar-refractivity contribution is -0.137.